The number of hydrogen-bond acceptors (Lipinski definition) is 4. The van der Waals surface area contributed by atoms with E-state index in [0.717, 1.165) is 11.4 Å². The molecule has 1 saturated heterocycles. The highest BCUT2D eigenvalue weighted by atomic mass is 16.5. The largest absolute Gasteiger partial charge is 0.486 e. The van der Waals surface area contributed by atoms with Gasteiger partial charge in [0, 0.05) is 19.5 Å². The van der Waals surface area contributed by atoms with Gasteiger partial charge >= 0.3 is 0 Å². The Bertz CT molecular complexity index is 809. The average molecular weight is 337 g/mol. The summed E-state index contributed by atoms with van der Waals surface area (Å²) in [7, 11) is 0. The number of fused-ring (bicyclic) bond motifs is 3. The predicted octanol–water partition coefficient (Wildman–Crippen LogP) is 2.00. The Kier molecular flexibility index (Phi) is 3.87. The van der Waals surface area contributed by atoms with Crippen LogP contribution in [0.5, 0.6) is 5.75 Å². The first-order chi connectivity index (χ1) is 12.1. The zero-order chi connectivity index (χ0) is 17.4. The fourth-order valence-electron chi connectivity index (χ4n) is 3.54. The van der Waals surface area contributed by atoms with Crippen molar-refractivity contribution in [3.63, 3.8) is 0 Å². The van der Waals surface area contributed by atoms with E-state index < -0.39 is 6.04 Å². The van der Waals surface area contributed by atoms with Crippen LogP contribution in [0.15, 0.2) is 48.7 Å². The van der Waals surface area contributed by atoms with Crippen LogP contribution in [-0.2, 0) is 16.1 Å². The summed E-state index contributed by atoms with van der Waals surface area (Å²) in [5.41, 5.74) is 1.51. The van der Waals surface area contributed by atoms with E-state index in [1.165, 1.54) is 6.92 Å². The monoisotopic (exact) mass is 337 g/mol. The van der Waals surface area contributed by atoms with E-state index in [1.54, 1.807) is 16.0 Å². The molecule has 2 bridgehead atoms. The number of carbonyl (C=O) groups is 2. The molecule has 1 aromatic carbocycles. The summed E-state index contributed by atoms with van der Waals surface area (Å²) in [4.78, 5) is 32.9. The molecule has 128 valence electrons. The molecule has 0 spiro atoms. The molecule has 0 saturated carbocycles. The van der Waals surface area contributed by atoms with Gasteiger partial charge in [0.25, 0.3) is 0 Å². The highest BCUT2D eigenvalue weighted by Gasteiger charge is 2.44. The number of aromatic nitrogens is 1. The molecule has 2 aromatic rings. The summed E-state index contributed by atoms with van der Waals surface area (Å²) in [5, 5.41) is 0. The number of rotatable bonds is 2. The van der Waals surface area contributed by atoms with Gasteiger partial charge < -0.3 is 14.5 Å². The van der Waals surface area contributed by atoms with Gasteiger partial charge in [-0.3, -0.25) is 14.6 Å². The second kappa shape index (κ2) is 6.20. The fourth-order valence-corrected chi connectivity index (χ4v) is 3.54. The number of amides is 2. The summed E-state index contributed by atoms with van der Waals surface area (Å²) in [5.74, 6) is 0.480. The van der Waals surface area contributed by atoms with Crippen molar-refractivity contribution in [3.8, 4) is 5.75 Å². The van der Waals surface area contributed by atoms with Crippen LogP contribution in [0.3, 0.4) is 0 Å². The number of para-hydroxylation sites is 2. The highest BCUT2D eigenvalue weighted by Crippen LogP contribution is 2.36. The molecule has 2 atom stereocenters. The van der Waals surface area contributed by atoms with Crippen LogP contribution in [0.1, 0.15) is 19.0 Å². The summed E-state index contributed by atoms with van der Waals surface area (Å²) in [6, 6.07) is 12.6. The maximum absolute atomic E-state index is 13.3. The van der Waals surface area contributed by atoms with Gasteiger partial charge in [-0.05, 0) is 24.3 Å². The number of carbonyl (C=O) groups excluding carboxylic acids is 2. The van der Waals surface area contributed by atoms with Crippen LogP contribution in [0.25, 0.3) is 0 Å². The van der Waals surface area contributed by atoms with Gasteiger partial charge in [0.2, 0.25) is 11.8 Å². The molecule has 1 aromatic heterocycles. The Morgan fingerprint density at radius 3 is 2.80 bits per heavy atom. The third-order valence-electron chi connectivity index (χ3n) is 4.71. The second-order valence-electron chi connectivity index (χ2n) is 6.38. The molecule has 6 heteroatoms. The summed E-state index contributed by atoms with van der Waals surface area (Å²) >= 11 is 0. The summed E-state index contributed by atoms with van der Waals surface area (Å²) in [6.45, 7) is 2.28. The van der Waals surface area contributed by atoms with Crippen LogP contribution >= 0.6 is 0 Å². The van der Waals surface area contributed by atoms with Gasteiger partial charge in [-0.2, -0.15) is 0 Å². The number of pyridine rings is 1. The highest BCUT2D eigenvalue weighted by molar-refractivity contribution is 6.00. The number of anilines is 1. The molecule has 6 nitrogen and oxygen atoms in total. The zero-order valence-corrected chi connectivity index (χ0v) is 14.0. The molecule has 25 heavy (non-hydrogen) atoms. The van der Waals surface area contributed by atoms with Crippen molar-refractivity contribution >= 4 is 17.5 Å². The van der Waals surface area contributed by atoms with Crippen molar-refractivity contribution < 1.29 is 14.3 Å². The third kappa shape index (κ3) is 2.84. The van der Waals surface area contributed by atoms with E-state index in [2.05, 4.69) is 4.98 Å². The fraction of sp³-hybridized carbons (Fsp3) is 0.316. The third-order valence-corrected chi connectivity index (χ3v) is 4.71. The SMILES string of the molecule is CC(=O)N1CC2CC1C(=O)N(Cc1ccccn1)c1ccccc1O2. The van der Waals surface area contributed by atoms with Gasteiger partial charge in [-0.25, -0.2) is 0 Å². The lowest BCUT2D eigenvalue weighted by molar-refractivity contribution is -0.135. The van der Waals surface area contributed by atoms with Gasteiger partial charge in [0.05, 0.1) is 24.5 Å². The van der Waals surface area contributed by atoms with E-state index in [4.69, 9.17) is 4.74 Å². The Morgan fingerprint density at radius 2 is 2.04 bits per heavy atom. The van der Waals surface area contributed by atoms with Crippen LogP contribution in [-0.4, -0.2) is 40.4 Å². The van der Waals surface area contributed by atoms with Crippen molar-refractivity contribution in [3.05, 3.63) is 54.4 Å². The van der Waals surface area contributed by atoms with Gasteiger partial charge in [0.1, 0.15) is 17.9 Å². The molecule has 2 amide bonds. The Labute approximate surface area is 146 Å². The Hall–Kier alpha value is -2.89. The topological polar surface area (TPSA) is 62.7 Å². The first-order valence-corrected chi connectivity index (χ1v) is 8.37. The maximum atomic E-state index is 13.3. The van der Waals surface area contributed by atoms with E-state index in [0.29, 0.717) is 25.3 Å². The molecule has 0 radical (unpaired) electrons. The van der Waals surface area contributed by atoms with E-state index in [1.807, 2.05) is 42.5 Å². The minimum absolute atomic E-state index is 0.0842. The van der Waals surface area contributed by atoms with Crippen LogP contribution < -0.4 is 9.64 Å². The molecule has 3 heterocycles. The van der Waals surface area contributed by atoms with Crippen molar-refractivity contribution in [1.82, 2.24) is 9.88 Å². The lowest BCUT2D eigenvalue weighted by atomic mass is 10.1. The standard InChI is InChI=1S/C19H19N3O3/c1-13(23)21-12-15-10-17(21)19(24)22(11-14-6-4-5-9-20-14)16-7-2-3-8-18(16)25-15/h2-9,15,17H,10-12H2,1H3. The van der Waals surface area contributed by atoms with E-state index >= 15 is 0 Å². The number of likely N-dealkylation sites (tertiary alicyclic amines) is 1. The van der Waals surface area contributed by atoms with E-state index in [-0.39, 0.29) is 17.9 Å². The number of hydrogen-bond donors (Lipinski definition) is 0. The van der Waals surface area contributed by atoms with Gasteiger partial charge in [-0.15, -0.1) is 0 Å². The average Bonchev–Trinajstić information content (AvgIpc) is 3.05. The lowest BCUT2D eigenvalue weighted by Crippen LogP contribution is -2.47. The van der Waals surface area contributed by atoms with Gasteiger partial charge in [-0.1, -0.05) is 18.2 Å². The molecular formula is C19H19N3O3. The Morgan fingerprint density at radius 1 is 1.24 bits per heavy atom. The first kappa shape index (κ1) is 15.6. The van der Waals surface area contributed by atoms with Gasteiger partial charge in [0.15, 0.2) is 0 Å². The molecule has 1 fully saturated rings. The smallest absolute Gasteiger partial charge is 0.250 e. The maximum Gasteiger partial charge on any atom is 0.250 e. The van der Waals surface area contributed by atoms with Crippen LogP contribution in [0.2, 0.25) is 0 Å². The quantitative estimate of drug-likeness (QED) is 0.841. The van der Waals surface area contributed by atoms with E-state index in [9.17, 15) is 9.59 Å². The lowest BCUT2D eigenvalue weighted by Gasteiger charge is -2.31. The van der Waals surface area contributed by atoms with Crippen molar-refractivity contribution in [2.75, 3.05) is 11.4 Å². The molecule has 4 rings (SSSR count). The predicted molar refractivity (Wildman–Crippen MR) is 92.1 cm³/mol. The molecular weight excluding hydrogens is 318 g/mol. The van der Waals surface area contributed by atoms with Crippen LogP contribution in [0.4, 0.5) is 5.69 Å². The van der Waals surface area contributed by atoms with Crippen molar-refractivity contribution in [2.45, 2.75) is 32.0 Å². The van der Waals surface area contributed by atoms with Crippen LogP contribution in [0, 0.1) is 0 Å². The number of ether oxygens (including phenoxy) is 1. The molecule has 0 aliphatic carbocycles. The summed E-state index contributed by atoms with van der Waals surface area (Å²) in [6.07, 6.45) is 2.07. The number of nitrogens with zero attached hydrogens (tertiary/aromatic N) is 3. The number of benzene rings is 1. The zero-order valence-electron chi connectivity index (χ0n) is 14.0. The summed E-state index contributed by atoms with van der Waals surface area (Å²) < 4.78 is 6.12. The molecule has 2 unspecified atom stereocenters. The van der Waals surface area contributed by atoms with Crippen molar-refractivity contribution in [2.24, 2.45) is 0 Å². The molecule has 2 aliphatic heterocycles. The minimum atomic E-state index is -0.487. The Balaban J connectivity index is 1.76. The van der Waals surface area contributed by atoms with Crippen molar-refractivity contribution in [1.29, 1.82) is 0 Å². The first-order valence-electron chi connectivity index (χ1n) is 8.37. The minimum Gasteiger partial charge on any atom is -0.486 e. The molecule has 0 N–H and O–H groups in total. The second-order valence-corrected chi connectivity index (χ2v) is 6.38. The molecule has 2 aliphatic rings. The normalized spacial score (nSPS) is 22.0.